The van der Waals surface area contributed by atoms with Crippen molar-refractivity contribution >= 4 is 0 Å². The molecule has 0 heterocycles. The predicted molar refractivity (Wildman–Crippen MR) is 137 cm³/mol. The molecule has 4 rings (SSSR count). The van der Waals surface area contributed by atoms with E-state index in [1.165, 1.54) is 43.7 Å². The molecule has 0 aromatic heterocycles. The Balaban J connectivity index is 1.29. The van der Waals surface area contributed by atoms with Crippen molar-refractivity contribution in [3.05, 3.63) is 70.5 Å². The largest absolute Gasteiger partial charge is 0.315 e. The van der Waals surface area contributed by atoms with Gasteiger partial charge in [0.2, 0.25) is 0 Å². The number of hydrogen-bond acceptors (Lipinski definition) is 2. The van der Waals surface area contributed by atoms with E-state index in [4.69, 9.17) is 0 Å². The maximum atomic E-state index is 13.3. The molecule has 0 spiro atoms. The summed E-state index contributed by atoms with van der Waals surface area (Å²) in [5.74, 6) is 1.20. The summed E-state index contributed by atoms with van der Waals surface area (Å²) >= 11 is 0. The van der Waals surface area contributed by atoms with Gasteiger partial charge in [-0.3, -0.25) is 0 Å². The molecule has 0 amide bonds. The van der Waals surface area contributed by atoms with E-state index in [-0.39, 0.29) is 5.82 Å². The third kappa shape index (κ3) is 5.35. The van der Waals surface area contributed by atoms with Crippen molar-refractivity contribution < 1.29 is 4.39 Å². The first-order valence-electron chi connectivity index (χ1n) is 13.1. The number of aryl methyl sites for hydroxylation is 1. The van der Waals surface area contributed by atoms with Gasteiger partial charge >= 0.3 is 0 Å². The molecule has 2 nitrogen and oxygen atoms in total. The summed E-state index contributed by atoms with van der Waals surface area (Å²) in [6.07, 6.45) is 7.38. The van der Waals surface area contributed by atoms with Crippen LogP contribution in [0.5, 0.6) is 0 Å². The summed E-state index contributed by atoms with van der Waals surface area (Å²) in [5.41, 5.74) is 6.44. The van der Waals surface area contributed by atoms with Gasteiger partial charge in [-0.1, -0.05) is 64.4 Å². The van der Waals surface area contributed by atoms with Gasteiger partial charge in [0.1, 0.15) is 5.82 Å². The van der Waals surface area contributed by atoms with E-state index in [1.54, 1.807) is 23.3 Å². The van der Waals surface area contributed by atoms with Crippen LogP contribution >= 0.6 is 0 Å². The van der Waals surface area contributed by atoms with Crippen LogP contribution in [0, 0.1) is 17.2 Å². The van der Waals surface area contributed by atoms with Crippen molar-refractivity contribution in [1.82, 2.24) is 10.6 Å². The van der Waals surface area contributed by atoms with Gasteiger partial charge < -0.3 is 10.6 Å². The molecule has 2 aromatic rings. The lowest BCUT2D eigenvalue weighted by Crippen LogP contribution is -2.53. The van der Waals surface area contributed by atoms with E-state index < -0.39 is 0 Å². The van der Waals surface area contributed by atoms with Crippen LogP contribution in [0.15, 0.2) is 42.5 Å². The molecular formula is C30H43FN2. The Morgan fingerprint density at radius 3 is 2.61 bits per heavy atom. The molecule has 0 bridgehead atoms. The Hall–Kier alpha value is -1.71. The van der Waals surface area contributed by atoms with Crippen molar-refractivity contribution in [2.75, 3.05) is 26.2 Å². The summed E-state index contributed by atoms with van der Waals surface area (Å²) in [6.45, 7) is 13.6. The molecule has 2 aliphatic rings. The number of fused-ring (bicyclic) bond motifs is 3. The number of nitrogens with one attached hydrogen (secondary N) is 2. The Labute approximate surface area is 200 Å². The quantitative estimate of drug-likeness (QED) is 0.433. The van der Waals surface area contributed by atoms with E-state index >= 15 is 0 Å². The van der Waals surface area contributed by atoms with E-state index in [1.807, 2.05) is 6.07 Å². The van der Waals surface area contributed by atoms with Gasteiger partial charge in [-0.2, -0.15) is 0 Å². The van der Waals surface area contributed by atoms with Crippen molar-refractivity contribution in [3.8, 4) is 0 Å². The minimum atomic E-state index is -0.146. The Morgan fingerprint density at radius 2 is 1.82 bits per heavy atom. The lowest BCUT2D eigenvalue weighted by molar-refractivity contribution is 0.0261. The maximum absolute atomic E-state index is 13.3. The van der Waals surface area contributed by atoms with Gasteiger partial charge in [-0.25, -0.2) is 4.39 Å². The highest BCUT2D eigenvalue weighted by molar-refractivity contribution is 5.42. The van der Waals surface area contributed by atoms with Crippen LogP contribution in [0.3, 0.4) is 0 Å². The Bertz CT molecular complexity index is 939. The minimum absolute atomic E-state index is 0.146. The summed E-state index contributed by atoms with van der Waals surface area (Å²) in [6, 6.07) is 14.3. The highest BCUT2D eigenvalue weighted by atomic mass is 19.1. The van der Waals surface area contributed by atoms with Gasteiger partial charge in [-0.15, -0.1) is 0 Å². The number of halogens is 1. The number of rotatable bonds is 9. The number of hydrogen-bond donors (Lipinski definition) is 2. The summed E-state index contributed by atoms with van der Waals surface area (Å²) < 4.78 is 13.3. The molecule has 180 valence electrons. The maximum Gasteiger partial charge on any atom is 0.123 e. The Kier molecular flexibility index (Phi) is 7.60. The molecule has 2 aliphatic carbocycles. The molecule has 3 heteroatoms. The summed E-state index contributed by atoms with van der Waals surface area (Å²) in [5, 5.41) is 7.29. The van der Waals surface area contributed by atoms with E-state index in [0.29, 0.717) is 16.7 Å². The predicted octanol–water partition coefficient (Wildman–Crippen LogP) is 6.38. The average molecular weight is 451 g/mol. The molecule has 3 atom stereocenters. The second kappa shape index (κ2) is 10.3. The number of benzene rings is 2. The second-order valence-corrected chi connectivity index (χ2v) is 11.4. The standard InChI is InChI=1S/C30H43FN2/c1-22(2)24-9-11-27-25(20-24)10-12-28-29(3,14-6-15-30(27,28)4)21-33-18-17-32-16-13-23-7-5-8-26(31)19-23/h5,7-9,11,19-20,22,28,32-33H,6,10,12-18,21H2,1-4H3/t28-,29-,30+/m0/s1. The van der Waals surface area contributed by atoms with Crippen LogP contribution in [0.1, 0.15) is 81.5 Å². The van der Waals surface area contributed by atoms with Gasteiger partial charge in [-0.05, 0) is 95.7 Å². The zero-order valence-electron chi connectivity index (χ0n) is 21.1. The topological polar surface area (TPSA) is 24.1 Å². The zero-order chi connectivity index (χ0) is 23.5. The van der Waals surface area contributed by atoms with Crippen LogP contribution in [-0.4, -0.2) is 26.2 Å². The van der Waals surface area contributed by atoms with E-state index in [2.05, 4.69) is 56.5 Å². The van der Waals surface area contributed by atoms with Crippen molar-refractivity contribution in [3.63, 3.8) is 0 Å². The normalized spacial score (nSPS) is 26.8. The fraction of sp³-hybridized carbons (Fsp3) is 0.600. The molecule has 1 fully saturated rings. The average Bonchev–Trinajstić information content (AvgIpc) is 2.78. The molecular weight excluding hydrogens is 407 g/mol. The molecule has 0 unspecified atom stereocenters. The van der Waals surface area contributed by atoms with E-state index in [0.717, 1.165) is 44.1 Å². The first kappa shape index (κ1) is 24.4. The van der Waals surface area contributed by atoms with Gasteiger partial charge in [0.05, 0.1) is 0 Å². The summed E-state index contributed by atoms with van der Waals surface area (Å²) in [4.78, 5) is 0. The highest BCUT2D eigenvalue weighted by Gasteiger charge is 2.51. The van der Waals surface area contributed by atoms with Crippen LogP contribution in [0.2, 0.25) is 0 Å². The SMILES string of the molecule is CC(C)c1ccc2c(c1)CC[C@H]1[C@](C)(CNCCNCCc3cccc(F)c3)CCC[C@]21C. The van der Waals surface area contributed by atoms with Gasteiger partial charge in [0, 0.05) is 19.6 Å². The molecule has 2 aromatic carbocycles. The van der Waals surface area contributed by atoms with Crippen LogP contribution in [0.25, 0.3) is 0 Å². The van der Waals surface area contributed by atoms with Gasteiger partial charge in [0.15, 0.2) is 0 Å². The fourth-order valence-corrected chi connectivity index (χ4v) is 6.82. The molecule has 0 saturated heterocycles. The van der Waals surface area contributed by atoms with Crippen LogP contribution in [-0.2, 0) is 18.3 Å². The first-order valence-corrected chi connectivity index (χ1v) is 13.1. The summed E-state index contributed by atoms with van der Waals surface area (Å²) in [7, 11) is 0. The third-order valence-electron chi connectivity index (χ3n) is 8.65. The van der Waals surface area contributed by atoms with Gasteiger partial charge in [0.25, 0.3) is 0 Å². The van der Waals surface area contributed by atoms with E-state index in [9.17, 15) is 4.39 Å². The minimum Gasteiger partial charge on any atom is -0.315 e. The fourth-order valence-electron chi connectivity index (χ4n) is 6.82. The van der Waals surface area contributed by atoms with Crippen LogP contribution in [0.4, 0.5) is 4.39 Å². The molecule has 2 N–H and O–H groups in total. The monoisotopic (exact) mass is 450 g/mol. The highest BCUT2D eigenvalue weighted by Crippen LogP contribution is 2.57. The zero-order valence-corrected chi connectivity index (χ0v) is 21.1. The molecule has 0 radical (unpaired) electrons. The first-order chi connectivity index (χ1) is 15.8. The van der Waals surface area contributed by atoms with Crippen molar-refractivity contribution in [2.45, 2.75) is 77.6 Å². The smallest absolute Gasteiger partial charge is 0.123 e. The van der Waals surface area contributed by atoms with Crippen LogP contribution < -0.4 is 10.6 Å². The van der Waals surface area contributed by atoms with Crippen molar-refractivity contribution in [2.24, 2.45) is 11.3 Å². The lowest BCUT2D eigenvalue weighted by Gasteiger charge is -2.55. The Morgan fingerprint density at radius 1 is 1.00 bits per heavy atom. The van der Waals surface area contributed by atoms with Crippen molar-refractivity contribution in [1.29, 1.82) is 0 Å². The second-order valence-electron chi connectivity index (χ2n) is 11.4. The molecule has 33 heavy (non-hydrogen) atoms. The lowest BCUT2D eigenvalue weighted by atomic mass is 9.49. The molecule has 0 aliphatic heterocycles. The third-order valence-corrected chi connectivity index (χ3v) is 8.65. The molecule has 1 saturated carbocycles.